The molecule has 0 aromatic carbocycles. The zero-order chi connectivity index (χ0) is 10.1. The summed E-state index contributed by atoms with van der Waals surface area (Å²) in [6.45, 7) is 3.46. The van der Waals surface area contributed by atoms with E-state index in [0.29, 0.717) is 0 Å². The Morgan fingerprint density at radius 1 is 1.27 bits per heavy atom. The molecule has 3 heterocycles. The monoisotopic (exact) mass is 204 g/mol. The number of aromatic amines is 1. The minimum Gasteiger partial charge on any atom is -0.378 e. The Balaban J connectivity index is 1.95. The van der Waals surface area contributed by atoms with Crippen LogP contribution in [0.5, 0.6) is 0 Å². The van der Waals surface area contributed by atoms with Crippen LogP contribution in [0.15, 0.2) is 18.5 Å². The molecule has 1 fully saturated rings. The van der Waals surface area contributed by atoms with Gasteiger partial charge in [-0.15, -0.1) is 0 Å². The third-order valence-corrected chi connectivity index (χ3v) is 2.65. The van der Waals surface area contributed by atoms with Crippen molar-refractivity contribution in [2.24, 2.45) is 0 Å². The maximum atomic E-state index is 5.31. The molecule has 5 nitrogen and oxygen atoms in total. The summed E-state index contributed by atoms with van der Waals surface area (Å²) in [5.74, 6) is 0. The molecule has 0 bridgehead atoms. The highest BCUT2D eigenvalue weighted by Gasteiger charge is 2.11. The first kappa shape index (κ1) is 8.67. The summed E-state index contributed by atoms with van der Waals surface area (Å²) in [5, 5.41) is 7.86. The van der Waals surface area contributed by atoms with Gasteiger partial charge in [0, 0.05) is 18.5 Å². The van der Waals surface area contributed by atoms with E-state index in [-0.39, 0.29) is 0 Å². The molecule has 1 saturated heterocycles. The second kappa shape index (κ2) is 3.51. The highest BCUT2D eigenvalue weighted by Crippen LogP contribution is 2.18. The highest BCUT2D eigenvalue weighted by molar-refractivity contribution is 5.77. The van der Waals surface area contributed by atoms with Gasteiger partial charge in [-0.1, -0.05) is 0 Å². The lowest BCUT2D eigenvalue weighted by molar-refractivity contribution is 0.122. The molecular weight excluding hydrogens is 192 g/mol. The fraction of sp³-hybridized carbons (Fsp3) is 0.400. The third kappa shape index (κ3) is 1.55. The number of aromatic nitrogens is 3. The Labute approximate surface area is 87.1 Å². The average molecular weight is 204 g/mol. The van der Waals surface area contributed by atoms with Gasteiger partial charge in [0.25, 0.3) is 0 Å². The largest absolute Gasteiger partial charge is 0.378 e. The van der Waals surface area contributed by atoms with E-state index in [1.807, 2.05) is 6.20 Å². The lowest BCUT2D eigenvalue weighted by Crippen LogP contribution is -2.36. The van der Waals surface area contributed by atoms with E-state index in [0.717, 1.165) is 43.0 Å². The topological polar surface area (TPSA) is 54.0 Å². The lowest BCUT2D eigenvalue weighted by atomic mass is 10.3. The van der Waals surface area contributed by atoms with Crippen molar-refractivity contribution < 1.29 is 4.74 Å². The summed E-state index contributed by atoms with van der Waals surface area (Å²) in [4.78, 5) is 6.60. The first-order valence-electron chi connectivity index (χ1n) is 5.05. The fourth-order valence-electron chi connectivity index (χ4n) is 1.82. The van der Waals surface area contributed by atoms with Crippen LogP contribution in [0.25, 0.3) is 11.0 Å². The summed E-state index contributed by atoms with van der Waals surface area (Å²) in [6, 6.07) is 2.11. The molecule has 0 spiro atoms. The summed E-state index contributed by atoms with van der Waals surface area (Å²) >= 11 is 0. The number of anilines is 1. The smallest absolute Gasteiger partial charge is 0.155 e. The molecule has 15 heavy (non-hydrogen) atoms. The molecule has 5 heteroatoms. The number of H-pyrrole nitrogens is 1. The lowest BCUT2D eigenvalue weighted by Gasteiger charge is -2.28. The quantitative estimate of drug-likeness (QED) is 0.746. The van der Waals surface area contributed by atoms with Crippen LogP contribution in [0, 0.1) is 0 Å². The van der Waals surface area contributed by atoms with Crippen molar-refractivity contribution in [2.75, 3.05) is 31.2 Å². The first-order chi connectivity index (χ1) is 7.43. The first-order valence-corrected chi connectivity index (χ1v) is 5.05. The van der Waals surface area contributed by atoms with E-state index in [2.05, 4.69) is 26.1 Å². The third-order valence-electron chi connectivity index (χ3n) is 2.65. The number of morpholine rings is 1. The van der Waals surface area contributed by atoms with Gasteiger partial charge in [-0.3, -0.25) is 5.10 Å². The van der Waals surface area contributed by atoms with Gasteiger partial charge in [-0.05, 0) is 6.07 Å². The second-order valence-electron chi connectivity index (χ2n) is 3.60. The van der Waals surface area contributed by atoms with Gasteiger partial charge in [0.1, 0.15) is 0 Å². The zero-order valence-corrected chi connectivity index (χ0v) is 8.31. The van der Waals surface area contributed by atoms with E-state index in [1.54, 1.807) is 6.20 Å². The van der Waals surface area contributed by atoms with E-state index in [9.17, 15) is 0 Å². The summed E-state index contributed by atoms with van der Waals surface area (Å²) in [7, 11) is 0. The zero-order valence-electron chi connectivity index (χ0n) is 8.31. The Kier molecular flexibility index (Phi) is 2.03. The molecule has 1 aliphatic heterocycles. The number of pyridine rings is 1. The molecule has 2 aromatic heterocycles. The standard InChI is InChI=1S/C10H12N4O/c1-3-15-4-2-14(1)9-5-8-6-12-13-10(8)11-7-9/h5-7H,1-4H2,(H,11,12,13). The maximum Gasteiger partial charge on any atom is 0.155 e. The Bertz CT molecular complexity index is 461. The SMILES string of the molecule is c1nc2[nH]ncc2cc1N1CCOCC1. The molecule has 78 valence electrons. The molecule has 0 unspecified atom stereocenters. The van der Waals surface area contributed by atoms with Crippen LogP contribution >= 0.6 is 0 Å². The predicted octanol–water partition coefficient (Wildman–Crippen LogP) is 0.794. The fourth-order valence-corrected chi connectivity index (χ4v) is 1.82. The van der Waals surface area contributed by atoms with Gasteiger partial charge in [-0.2, -0.15) is 5.10 Å². The van der Waals surface area contributed by atoms with Crippen LogP contribution in [0.2, 0.25) is 0 Å². The van der Waals surface area contributed by atoms with E-state index < -0.39 is 0 Å². The number of fused-ring (bicyclic) bond motifs is 1. The number of hydrogen-bond acceptors (Lipinski definition) is 4. The van der Waals surface area contributed by atoms with Crippen molar-refractivity contribution in [3.05, 3.63) is 18.5 Å². The Morgan fingerprint density at radius 3 is 3.00 bits per heavy atom. The number of hydrogen-bond donors (Lipinski definition) is 1. The van der Waals surface area contributed by atoms with Gasteiger partial charge < -0.3 is 9.64 Å². The number of nitrogens with one attached hydrogen (secondary N) is 1. The van der Waals surface area contributed by atoms with Crippen molar-refractivity contribution in [1.29, 1.82) is 0 Å². The molecule has 0 radical (unpaired) electrons. The number of rotatable bonds is 1. The van der Waals surface area contributed by atoms with Crippen LogP contribution < -0.4 is 4.90 Å². The predicted molar refractivity (Wildman–Crippen MR) is 56.9 cm³/mol. The molecule has 0 amide bonds. The molecule has 1 aliphatic rings. The minimum absolute atomic E-state index is 0.795. The summed E-state index contributed by atoms with van der Waals surface area (Å²) in [5.41, 5.74) is 1.99. The molecule has 3 rings (SSSR count). The molecule has 0 saturated carbocycles. The molecule has 1 N–H and O–H groups in total. The van der Waals surface area contributed by atoms with Crippen LogP contribution in [0.4, 0.5) is 5.69 Å². The molecular formula is C10H12N4O. The van der Waals surface area contributed by atoms with Crippen molar-refractivity contribution in [3.8, 4) is 0 Å². The highest BCUT2D eigenvalue weighted by atomic mass is 16.5. The maximum absolute atomic E-state index is 5.31. The van der Waals surface area contributed by atoms with Crippen LogP contribution in [0.1, 0.15) is 0 Å². The van der Waals surface area contributed by atoms with Crippen molar-refractivity contribution in [3.63, 3.8) is 0 Å². The van der Waals surface area contributed by atoms with E-state index in [1.165, 1.54) is 0 Å². The Hall–Kier alpha value is -1.62. The molecule has 2 aromatic rings. The van der Waals surface area contributed by atoms with Gasteiger partial charge in [0.05, 0.1) is 31.3 Å². The van der Waals surface area contributed by atoms with Gasteiger partial charge in [0.2, 0.25) is 0 Å². The van der Waals surface area contributed by atoms with Crippen molar-refractivity contribution in [2.45, 2.75) is 0 Å². The molecule has 0 aliphatic carbocycles. The van der Waals surface area contributed by atoms with Gasteiger partial charge in [0.15, 0.2) is 5.65 Å². The van der Waals surface area contributed by atoms with Crippen molar-refractivity contribution in [1.82, 2.24) is 15.2 Å². The molecule has 0 atom stereocenters. The summed E-state index contributed by atoms with van der Waals surface area (Å²) < 4.78 is 5.31. The average Bonchev–Trinajstić information content (AvgIpc) is 2.77. The summed E-state index contributed by atoms with van der Waals surface area (Å²) in [6.07, 6.45) is 3.68. The minimum atomic E-state index is 0.795. The van der Waals surface area contributed by atoms with E-state index in [4.69, 9.17) is 4.74 Å². The van der Waals surface area contributed by atoms with Crippen LogP contribution in [-0.4, -0.2) is 41.5 Å². The van der Waals surface area contributed by atoms with E-state index >= 15 is 0 Å². The Morgan fingerprint density at radius 2 is 2.13 bits per heavy atom. The van der Waals surface area contributed by atoms with Gasteiger partial charge in [-0.25, -0.2) is 4.98 Å². The number of ether oxygens (including phenoxy) is 1. The van der Waals surface area contributed by atoms with Crippen molar-refractivity contribution >= 4 is 16.7 Å². The van der Waals surface area contributed by atoms with Crippen LogP contribution in [0.3, 0.4) is 0 Å². The second-order valence-corrected chi connectivity index (χ2v) is 3.60. The normalized spacial score (nSPS) is 17.2. The van der Waals surface area contributed by atoms with Crippen LogP contribution in [-0.2, 0) is 4.74 Å². The number of nitrogens with zero attached hydrogens (tertiary/aromatic N) is 3. The van der Waals surface area contributed by atoms with Gasteiger partial charge >= 0.3 is 0 Å².